The summed E-state index contributed by atoms with van der Waals surface area (Å²) < 4.78 is 0.781. The van der Waals surface area contributed by atoms with Crippen molar-refractivity contribution in [2.75, 3.05) is 25.1 Å². The Morgan fingerprint density at radius 3 is 2.37 bits per heavy atom. The van der Waals surface area contributed by atoms with Crippen LogP contribution in [-0.4, -0.2) is 56.7 Å². The molecule has 0 saturated carbocycles. The molecule has 1 fully saturated rings. The first kappa shape index (κ1) is 24.1. The second kappa shape index (κ2) is 13.2. The molecule has 0 spiro atoms. The quantitative estimate of drug-likeness (QED) is 0.521. The standard InChI is InChI=1S/C21H25NS2.C2H2O4/c1-22(13-6-2-3-10-21-23-14-7-15-24-21)17-18-11-12-19-8-4-5-9-20(19)16-18;3-1(4)2(5)6/h4-5,8-9,11-12,16,21H,3,7,10,13-15,17H2,1H3;(H,3,4)(H,5,6). The number of nitrogens with zero attached hydrogens (tertiary/aromatic N) is 1. The van der Waals surface area contributed by atoms with Crippen LogP contribution < -0.4 is 0 Å². The summed E-state index contributed by atoms with van der Waals surface area (Å²) in [4.78, 5) is 20.5. The van der Waals surface area contributed by atoms with E-state index in [9.17, 15) is 0 Å². The third-order valence-electron chi connectivity index (χ3n) is 4.32. The van der Waals surface area contributed by atoms with E-state index in [1.807, 2.05) is 0 Å². The fraction of sp³-hybridized carbons (Fsp3) is 0.391. The largest absolute Gasteiger partial charge is 0.473 e. The van der Waals surface area contributed by atoms with Gasteiger partial charge in [0, 0.05) is 13.0 Å². The summed E-state index contributed by atoms with van der Waals surface area (Å²) in [5.74, 6) is 5.72. The Morgan fingerprint density at radius 1 is 1.03 bits per heavy atom. The van der Waals surface area contributed by atoms with Gasteiger partial charge in [-0.3, -0.25) is 4.90 Å². The molecule has 0 atom stereocenters. The summed E-state index contributed by atoms with van der Waals surface area (Å²) in [5.41, 5.74) is 1.35. The van der Waals surface area contributed by atoms with E-state index in [0.717, 1.165) is 24.1 Å². The molecule has 1 saturated heterocycles. The van der Waals surface area contributed by atoms with E-state index in [1.54, 1.807) is 0 Å². The number of fused-ring (bicyclic) bond motifs is 1. The number of benzene rings is 2. The highest BCUT2D eigenvalue weighted by molar-refractivity contribution is 8.17. The van der Waals surface area contributed by atoms with Crippen LogP contribution in [0.1, 0.15) is 24.8 Å². The average Bonchev–Trinajstić information content (AvgIpc) is 2.74. The smallest absolute Gasteiger partial charge is 0.414 e. The number of carboxylic acids is 2. The van der Waals surface area contributed by atoms with Crippen molar-refractivity contribution >= 4 is 46.2 Å². The van der Waals surface area contributed by atoms with E-state index in [2.05, 4.69) is 89.8 Å². The summed E-state index contributed by atoms with van der Waals surface area (Å²) in [6.45, 7) is 1.80. The van der Waals surface area contributed by atoms with Crippen LogP contribution in [-0.2, 0) is 16.1 Å². The predicted octanol–water partition coefficient (Wildman–Crippen LogP) is 4.41. The molecule has 2 aromatic rings. The Labute approximate surface area is 186 Å². The number of thioether (sulfide) groups is 2. The maximum Gasteiger partial charge on any atom is 0.414 e. The Kier molecular flexibility index (Phi) is 10.6. The second-order valence-corrected chi connectivity index (χ2v) is 9.80. The molecule has 0 radical (unpaired) electrons. The molecule has 30 heavy (non-hydrogen) atoms. The van der Waals surface area contributed by atoms with Crippen molar-refractivity contribution in [1.29, 1.82) is 0 Å². The van der Waals surface area contributed by atoms with Gasteiger partial charge in [0.2, 0.25) is 0 Å². The summed E-state index contributed by atoms with van der Waals surface area (Å²) in [7, 11) is 2.15. The van der Waals surface area contributed by atoms with Crippen molar-refractivity contribution in [3.8, 4) is 11.8 Å². The zero-order chi connectivity index (χ0) is 21.8. The molecule has 0 amide bonds. The highest BCUT2D eigenvalue weighted by atomic mass is 32.2. The summed E-state index contributed by atoms with van der Waals surface area (Å²) in [6, 6.07) is 15.3. The van der Waals surface area contributed by atoms with Gasteiger partial charge < -0.3 is 10.2 Å². The van der Waals surface area contributed by atoms with E-state index >= 15 is 0 Å². The van der Waals surface area contributed by atoms with Gasteiger partial charge in [0.25, 0.3) is 0 Å². The monoisotopic (exact) mass is 445 g/mol. The maximum atomic E-state index is 9.10. The zero-order valence-corrected chi connectivity index (χ0v) is 18.7. The molecular weight excluding hydrogens is 418 g/mol. The zero-order valence-electron chi connectivity index (χ0n) is 17.0. The lowest BCUT2D eigenvalue weighted by molar-refractivity contribution is -0.159. The van der Waals surface area contributed by atoms with Gasteiger partial charge in [-0.25, -0.2) is 9.59 Å². The van der Waals surface area contributed by atoms with Gasteiger partial charge >= 0.3 is 11.9 Å². The normalized spacial score (nSPS) is 13.8. The average molecular weight is 446 g/mol. The molecule has 1 heterocycles. The van der Waals surface area contributed by atoms with E-state index in [1.165, 1.54) is 40.7 Å². The Bertz CT molecular complexity index is 889. The van der Waals surface area contributed by atoms with Gasteiger partial charge in [-0.2, -0.15) is 0 Å². The fourth-order valence-corrected chi connectivity index (χ4v) is 5.74. The summed E-state index contributed by atoms with van der Waals surface area (Å²) in [6.07, 6.45) is 3.64. The Hall–Kier alpha value is -2.14. The van der Waals surface area contributed by atoms with Gasteiger partial charge in [0.15, 0.2) is 0 Å². The van der Waals surface area contributed by atoms with Crippen LogP contribution in [0.5, 0.6) is 0 Å². The molecule has 5 nitrogen and oxygen atoms in total. The number of carboxylic acid groups (broad SMARTS) is 2. The van der Waals surface area contributed by atoms with E-state index < -0.39 is 11.9 Å². The van der Waals surface area contributed by atoms with Crippen LogP contribution in [0.15, 0.2) is 42.5 Å². The molecule has 0 unspecified atom stereocenters. The summed E-state index contributed by atoms with van der Waals surface area (Å²) in [5, 5.41) is 17.4. The summed E-state index contributed by atoms with van der Waals surface area (Å²) >= 11 is 4.23. The minimum absolute atomic E-state index is 0.781. The minimum Gasteiger partial charge on any atom is -0.473 e. The Balaban J connectivity index is 0.000000469. The number of hydrogen-bond acceptors (Lipinski definition) is 5. The number of carbonyl (C=O) groups is 2. The van der Waals surface area contributed by atoms with Crippen molar-refractivity contribution in [1.82, 2.24) is 4.90 Å². The van der Waals surface area contributed by atoms with Crippen molar-refractivity contribution in [2.24, 2.45) is 0 Å². The van der Waals surface area contributed by atoms with Gasteiger partial charge in [0.1, 0.15) is 0 Å². The van der Waals surface area contributed by atoms with E-state index in [-0.39, 0.29) is 0 Å². The van der Waals surface area contributed by atoms with Crippen molar-refractivity contribution < 1.29 is 19.8 Å². The molecule has 1 aliphatic rings. The molecular formula is C23H27NO4S2. The van der Waals surface area contributed by atoms with Crippen molar-refractivity contribution in [3.63, 3.8) is 0 Å². The van der Waals surface area contributed by atoms with Gasteiger partial charge in [-0.15, -0.1) is 29.4 Å². The first-order valence-corrected chi connectivity index (χ1v) is 11.9. The first-order chi connectivity index (χ1) is 14.5. The maximum absolute atomic E-state index is 9.10. The lowest BCUT2D eigenvalue weighted by Gasteiger charge is -2.19. The topological polar surface area (TPSA) is 77.8 Å². The lowest BCUT2D eigenvalue weighted by atomic mass is 10.1. The van der Waals surface area contributed by atoms with Gasteiger partial charge in [0.05, 0.1) is 11.1 Å². The lowest BCUT2D eigenvalue weighted by Crippen LogP contribution is -2.17. The third kappa shape index (κ3) is 9.12. The fourth-order valence-electron chi connectivity index (χ4n) is 2.88. The number of rotatable bonds is 5. The molecule has 7 heteroatoms. The third-order valence-corrected chi connectivity index (χ3v) is 7.40. The van der Waals surface area contributed by atoms with Crippen LogP contribution in [0.4, 0.5) is 0 Å². The van der Waals surface area contributed by atoms with Crippen LogP contribution in [0.25, 0.3) is 10.8 Å². The van der Waals surface area contributed by atoms with Crippen LogP contribution in [0, 0.1) is 11.8 Å². The minimum atomic E-state index is -1.82. The van der Waals surface area contributed by atoms with Crippen LogP contribution in [0.3, 0.4) is 0 Å². The molecule has 0 aromatic heterocycles. The van der Waals surface area contributed by atoms with Gasteiger partial charge in [-0.1, -0.05) is 42.3 Å². The molecule has 0 bridgehead atoms. The van der Waals surface area contributed by atoms with Gasteiger partial charge in [-0.05, 0) is 53.8 Å². The number of aliphatic carboxylic acids is 2. The highest BCUT2D eigenvalue weighted by Crippen LogP contribution is 2.33. The SMILES string of the molecule is CN(CC#CCCC1SCCCS1)Cc1ccc2ccccc2c1.O=C(O)C(=O)O. The second-order valence-electron chi connectivity index (χ2n) is 6.88. The van der Waals surface area contributed by atoms with E-state index in [4.69, 9.17) is 19.8 Å². The molecule has 0 aliphatic carbocycles. The highest BCUT2D eigenvalue weighted by Gasteiger charge is 2.12. The molecule has 1 aliphatic heterocycles. The number of hydrogen-bond donors (Lipinski definition) is 2. The molecule has 3 rings (SSSR count). The first-order valence-electron chi connectivity index (χ1n) is 9.77. The van der Waals surface area contributed by atoms with Crippen LogP contribution in [0.2, 0.25) is 0 Å². The van der Waals surface area contributed by atoms with Crippen molar-refractivity contribution in [2.45, 2.75) is 30.4 Å². The molecule has 2 aromatic carbocycles. The molecule has 2 N–H and O–H groups in total. The van der Waals surface area contributed by atoms with Crippen LogP contribution >= 0.6 is 23.5 Å². The molecule has 160 valence electrons. The predicted molar refractivity (Wildman–Crippen MR) is 126 cm³/mol. The van der Waals surface area contributed by atoms with Crippen molar-refractivity contribution in [3.05, 3.63) is 48.0 Å². The Morgan fingerprint density at radius 2 is 1.70 bits per heavy atom. The van der Waals surface area contributed by atoms with E-state index in [0.29, 0.717) is 0 Å².